The zero-order valence-corrected chi connectivity index (χ0v) is 8.20. The van der Waals surface area contributed by atoms with Crippen molar-refractivity contribution in [1.29, 1.82) is 0 Å². The first-order valence-electron chi connectivity index (χ1n) is 3.79. The highest BCUT2D eigenvalue weighted by Gasteiger charge is 2.04. The summed E-state index contributed by atoms with van der Waals surface area (Å²) in [6.07, 6.45) is 0. The number of rotatable bonds is 1. The maximum atomic E-state index is 12.5. The molecule has 0 aliphatic rings. The van der Waals surface area contributed by atoms with Crippen LogP contribution in [0.3, 0.4) is 0 Å². The first kappa shape index (κ1) is 8.85. The fourth-order valence-corrected chi connectivity index (χ4v) is 2.10. The van der Waals surface area contributed by atoms with Gasteiger partial charge in [0.25, 0.3) is 0 Å². The molecule has 0 unspecified atom stereocenters. The zero-order chi connectivity index (χ0) is 9.26. The van der Waals surface area contributed by atoms with Crippen molar-refractivity contribution < 1.29 is 3.89 Å². The van der Waals surface area contributed by atoms with Gasteiger partial charge in [-0.05, 0) is 17.5 Å². The molecule has 0 fully saturated rings. The van der Waals surface area contributed by atoms with Gasteiger partial charge in [-0.2, -0.15) is 3.89 Å². The maximum Gasteiger partial charge on any atom is 0.0819 e. The normalized spacial score (nSPS) is 10.6. The standard InChI is InChI=1S/C10H6ClFS/c11-8-5-1-3-7-4-2-6-9(13-12)10(7)8/h1-6H. The van der Waals surface area contributed by atoms with Gasteiger partial charge in [-0.3, -0.25) is 0 Å². The number of hydrogen-bond donors (Lipinski definition) is 0. The van der Waals surface area contributed by atoms with E-state index in [1.807, 2.05) is 24.3 Å². The molecule has 0 spiro atoms. The van der Waals surface area contributed by atoms with Crippen molar-refractivity contribution in [2.24, 2.45) is 0 Å². The number of hydrogen-bond acceptors (Lipinski definition) is 1. The van der Waals surface area contributed by atoms with Crippen LogP contribution < -0.4 is 0 Å². The molecule has 13 heavy (non-hydrogen) atoms. The maximum absolute atomic E-state index is 12.5. The Morgan fingerprint density at radius 3 is 2.46 bits per heavy atom. The highest BCUT2D eigenvalue weighted by molar-refractivity contribution is 7.94. The minimum Gasteiger partial charge on any atom is -0.160 e. The van der Waals surface area contributed by atoms with Crippen LogP contribution in [0.4, 0.5) is 3.89 Å². The summed E-state index contributed by atoms with van der Waals surface area (Å²) < 4.78 is 12.5. The molecule has 0 atom stereocenters. The molecule has 0 aliphatic heterocycles. The fourth-order valence-electron chi connectivity index (χ4n) is 1.33. The van der Waals surface area contributed by atoms with Crippen LogP contribution in [-0.4, -0.2) is 0 Å². The highest BCUT2D eigenvalue weighted by atomic mass is 35.5. The van der Waals surface area contributed by atoms with E-state index in [1.165, 1.54) is 0 Å². The summed E-state index contributed by atoms with van der Waals surface area (Å²) in [5.74, 6) is 0. The van der Waals surface area contributed by atoms with E-state index < -0.39 is 0 Å². The Morgan fingerprint density at radius 2 is 1.77 bits per heavy atom. The first-order chi connectivity index (χ1) is 6.33. The van der Waals surface area contributed by atoms with E-state index in [0.29, 0.717) is 9.92 Å². The SMILES string of the molecule is FSc1cccc2cccc(Cl)c12. The third-order valence-electron chi connectivity index (χ3n) is 1.90. The molecule has 66 valence electrons. The van der Waals surface area contributed by atoms with E-state index in [2.05, 4.69) is 0 Å². The minimum atomic E-state index is 0.228. The Kier molecular flexibility index (Phi) is 2.42. The Bertz CT molecular complexity index is 437. The van der Waals surface area contributed by atoms with E-state index in [-0.39, 0.29) is 12.1 Å². The van der Waals surface area contributed by atoms with Gasteiger partial charge < -0.3 is 0 Å². The van der Waals surface area contributed by atoms with Crippen LogP contribution in [0.5, 0.6) is 0 Å². The van der Waals surface area contributed by atoms with Crippen LogP contribution in [0.15, 0.2) is 41.3 Å². The Morgan fingerprint density at radius 1 is 1.08 bits per heavy atom. The van der Waals surface area contributed by atoms with Gasteiger partial charge in [0.1, 0.15) is 0 Å². The summed E-state index contributed by atoms with van der Waals surface area (Å²) in [5.41, 5.74) is 0. The average molecular weight is 213 g/mol. The first-order valence-corrected chi connectivity index (χ1v) is 4.88. The quantitative estimate of drug-likeness (QED) is 0.672. The molecule has 0 heterocycles. The van der Waals surface area contributed by atoms with Crippen LogP contribution in [0, 0.1) is 0 Å². The van der Waals surface area contributed by atoms with E-state index in [1.54, 1.807) is 12.1 Å². The van der Waals surface area contributed by atoms with Crippen LogP contribution in [-0.2, 0) is 0 Å². The van der Waals surface area contributed by atoms with Gasteiger partial charge in [0.15, 0.2) is 0 Å². The lowest BCUT2D eigenvalue weighted by molar-refractivity contribution is 0.936. The topological polar surface area (TPSA) is 0 Å². The van der Waals surface area contributed by atoms with Crippen molar-refractivity contribution in [2.75, 3.05) is 0 Å². The second-order valence-corrected chi connectivity index (χ2v) is 3.67. The van der Waals surface area contributed by atoms with Gasteiger partial charge in [0, 0.05) is 10.4 Å². The molecule has 0 aliphatic carbocycles. The van der Waals surface area contributed by atoms with E-state index >= 15 is 0 Å². The molecule has 2 aromatic carbocycles. The molecule has 2 aromatic rings. The summed E-state index contributed by atoms with van der Waals surface area (Å²) in [6, 6.07) is 11.0. The fraction of sp³-hybridized carbons (Fsp3) is 0. The molecular weight excluding hydrogens is 207 g/mol. The second-order valence-electron chi connectivity index (χ2n) is 2.67. The second kappa shape index (κ2) is 3.56. The molecule has 0 aromatic heterocycles. The van der Waals surface area contributed by atoms with Crippen LogP contribution in [0.2, 0.25) is 5.02 Å². The highest BCUT2D eigenvalue weighted by Crippen LogP contribution is 2.33. The minimum absolute atomic E-state index is 0.228. The van der Waals surface area contributed by atoms with Gasteiger partial charge in [-0.15, -0.1) is 0 Å². The van der Waals surface area contributed by atoms with Crippen LogP contribution >= 0.6 is 23.7 Å². The van der Waals surface area contributed by atoms with E-state index in [9.17, 15) is 3.89 Å². The lowest BCUT2D eigenvalue weighted by Crippen LogP contribution is -1.76. The summed E-state index contributed by atoms with van der Waals surface area (Å²) >= 11 is 6.19. The third-order valence-corrected chi connectivity index (χ3v) is 2.72. The predicted molar refractivity (Wildman–Crippen MR) is 55.9 cm³/mol. The van der Waals surface area contributed by atoms with E-state index in [0.717, 1.165) is 10.8 Å². The number of fused-ring (bicyclic) bond motifs is 1. The monoisotopic (exact) mass is 212 g/mol. The van der Waals surface area contributed by atoms with Crippen molar-refractivity contribution in [2.45, 2.75) is 4.90 Å². The molecule has 0 bridgehead atoms. The van der Waals surface area contributed by atoms with Crippen molar-refractivity contribution in [3.05, 3.63) is 41.4 Å². The van der Waals surface area contributed by atoms with Gasteiger partial charge in [-0.1, -0.05) is 35.9 Å². The van der Waals surface area contributed by atoms with Gasteiger partial charge in [-0.25, -0.2) is 0 Å². The van der Waals surface area contributed by atoms with Crippen molar-refractivity contribution in [3.8, 4) is 0 Å². The van der Waals surface area contributed by atoms with Gasteiger partial charge in [0.2, 0.25) is 0 Å². The molecule has 0 saturated heterocycles. The van der Waals surface area contributed by atoms with Crippen molar-refractivity contribution in [3.63, 3.8) is 0 Å². The zero-order valence-electron chi connectivity index (χ0n) is 6.63. The lowest BCUT2D eigenvalue weighted by atomic mass is 10.1. The Hall–Kier alpha value is -0.730. The average Bonchev–Trinajstić information content (AvgIpc) is 2.17. The Balaban J connectivity index is 2.87. The summed E-state index contributed by atoms with van der Waals surface area (Å²) in [5, 5.41) is 2.35. The number of benzene rings is 2. The molecule has 0 saturated carbocycles. The predicted octanol–water partition coefficient (Wildman–Crippen LogP) is 4.47. The summed E-state index contributed by atoms with van der Waals surface area (Å²) in [4.78, 5) is 0.572. The molecule has 0 N–H and O–H groups in total. The van der Waals surface area contributed by atoms with Crippen LogP contribution in [0.25, 0.3) is 10.8 Å². The number of halogens is 2. The van der Waals surface area contributed by atoms with Crippen LogP contribution in [0.1, 0.15) is 0 Å². The molecule has 0 amide bonds. The summed E-state index contributed by atoms with van der Waals surface area (Å²) in [6.45, 7) is 0. The largest absolute Gasteiger partial charge is 0.160 e. The molecule has 2 rings (SSSR count). The third kappa shape index (κ3) is 1.52. The van der Waals surface area contributed by atoms with Gasteiger partial charge >= 0.3 is 0 Å². The van der Waals surface area contributed by atoms with Crippen molar-refractivity contribution in [1.82, 2.24) is 0 Å². The van der Waals surface area contributed by atoms with E-state index in [4.69, 9.17) is 11.6 Å². The molecule has 0 radical (unpaired) electrons. The Labute approximate surface area is 85.0 Å². The lowest BCUT2D eigenvalue weighted by Gasteiger charge is -2.02. The summed E-state index contributed by atoms with van der Waals surface area (Å²) in [7, 11) is 0. The molecule has 3 heteroatoms. The van der Waals surface area contributed by atoms with Gasteiger partial charge in [0.05, 0.1) is 17.0 Å². The molecular formula is C10H6ClFS. The molecule has 0 nitrogen and oxygen atoms in total. The smallest absolute Gasteiger partial charge is 0.0819 e. The van der Waals surface area contributed by atoms with Crippen molar-refractivity contribution >= 4 is 34.5 Å².